The summed E-state index contributed by atoms with van der Waals surface area (Å²) in [5.74, 6) is 0.453. The van der Waals surface area contributed by atoms with Crippen LogP contribution in [0.3, 0.4) is 0 Å². The van der Waals surface area contributed by atoms with Crippen LogP contribution in [0.15, 0.2) is 0 Å². The Bertz CT molecular complexity index is 186. The SMILES string of the molecule is COC(=O)CCCCCCCCCC(Cl)CCl. The largest absolute Gasteiger partial charge is 0.469 e. The molecule has 1 unspecified atom stereocenters. The van der Waals surface area contributed by atoms with Crippen LogP contribution in [-0.2, 0) is 9.53 Å². The first kappa shape index (κ1) is 17.1. The van der Waals surface area contributed by atoms with Crippen LogP contribution >= 0.6 is 23.2 Å². The van der Waals surface area contributed by atoms with E-state index in [1.54, 1.807) is 0 Å². The van der Waals surface area contributed by atoms with E-state index in [0.29, 0.717) is 12.3 Å². The molecule has 17 heavy (non-hydrogen) atoms. The average Bonchev–Trinajstić information content (AvgIpc) is 2.35. The van der Waals surface area contributed by atoms with Gasteiger partial charge in [0.2, 0.25) is 0 Å². The molecule has 0 rings (SSSR count). The first-order valence-corrected chi connectivity index (χ1v) is 7.44. The standard InChI is InChI=1S/C13H24Cl2O2/c1-17-13(16)10-8-6-4-2-3-5-7-9-12(15)11-14/h12H,2-11H2,1H3. The molecule has 0 aromatic rings. The van der Waals surface area contributed by atoms with Gasteiger partial charge < -0.3 is 4.74 Å². The quantitative estimate of drug-likeness (QED) is 0.316. The predicted molar refractivity (Wildman–Crippen MR) is 73.9 cm³/mol. The van der Waals surface area contributed by atoms with Crippen LogP contribution in [0, 0.1) is 0 Å². The Kier molecular flexibility index (Phi) is 12.5. The zero-order valence-electron chi connectivity index (χ0n) is 10.7. The second kappa shape index (κ2) is 12.5. The monoisotopic (exact) mass is 282 g/mol. The predicted octanol–water partition coefficient (Wildman–Crippen LogP) is 4.52. The van der Waals surface area contributed by atoms with E-state index in [2.05, 4.69) is 4.74 Å². The van der Waals surface area contributed by atoms with E-state index >= 15 is 0 Å². The minimum Gasteiger partial charge on any atom is -0.469 e. The molecule has 0 aliphatic heterocycles. The lowest BCUT2D eigenvalue weighted by Crippen LogP contribution is -1.99. The van der Waals surface area contributed by atoms with Crippen LogP contribution in [0.4, 0.5) is 0 Å². The van der Waals surface area contributed by atoms with E-state index in [1.165, 1.54) is 39.2 Å². The fourth-order valence-electron chi connectivity index (χ4n) is 1.70. The summed E-state index contributed by atoms with van der Waals surface area (Å²) < 4.78 is 4.58. The maximum absolute atomic E-state index is 10.8. The zero-order valence-corrected chi connectivity index (χ0v) is 12.2. The molecule has 2 nitrogen and oxygen atoms in total. The van der Waals surface area contributed by atoms with E-state index in [4.69, 9.17) is 23.2 Å². The van der Waals surface area contributed by atoms with E-state index in [-0.39, 0.29) is 11.3 Å². The average molecular weight is 283 g/mol. The fourth-order valence-corrected chi connectivity index (χ4v) is 2.01. The molecule has 0 aromatic heterocycles. The molecule has 0 bridgehead atoms. The van der Waals surface area contributed by atoms with Crippen LogP contribution in [0.5, 0.6) is 0 Å². The number of methoxy groups -OCH3 is 1. The fraction of sp³-hybridized carbons (Fsp3) is 0.923. The normalized spacial score (nSPS) is 12.4. The van der Waals surface area contributed by atoms with Crippen LogP contribution in [0.25, 0.3) is 0 Å². The third kappa shape index (κ3) is 12.3. The molecule has 1 atom stereocenters. The molecule has 0 radical (unpaired) electrons. The Hall–Kier alpha value is 0.0500. The summed E-state index contributed by atoms with van der Waals surface area (Å²) in [6, 6.07) is 0. The van der Waals surface area contributed by atoms with E-state index < -0.39 is 0 Å². The lowest BCUT2D eigenvalue weighted by Gasteiger charge is -2.05. The Labute approximate surface area is 115 Å². The molecule has 0 heterocycles. The highest BCUT2D eigenvalue weighted by Crippen LogP contribution is 2.13. The Morgan fingerprint density at radius 1 is 1.06 bits per heavy atom. The van der Waals surface area contributed by atoms with Crippen molar-refractivity contribution in [1.29, 1.82) is 0 Å². The van der Waals surface area contributed by atoms with Crippen molar-refractivity contribution >= 4 is 29.2 Å². The molecular formula is C13H24Cl2O2. The number of rotatable bonds is 11. The smallest absolute Gasteiger partial charge is 0.305 e. The molecule has 0 N–H and O–H groups in total. The molecule has 4 heteroatoms. The molecule has 0 saturated heterocycles. The topological polar surface area (TPSA) is 26.3 Å². The highest BCUT2D eigenvalue weighted by Gasteiger charge is 2.02. The third-order valence-corrected chi connectivity index (χ3v) is 3.70. The highest BCUT2D eigenvalue weighted by atomic mass is 35.5. The Balaban J connectivity index is 3.06. The molecule has 0 aliphatic rings. The molecule has 0 fully saturated rings. The number of carbonyl (C=O) groups excluding carboxylic acids is 1. The van der Waals surface area contributed by atoms with Gasteiger partial charge in [-0.3, -0.25) is 4.79 Å². The van der Waals surface area contributed by atoms with E-state index in [1.807, 2.05) is 0 Å². The summed E-state index contributed by atoms with van der Waals surface area (Å²) in [6.07, 6.45) is 9.75. The third-order valence-electron chi connectivity index (χ3n) is 2.79. The van der Waals surface area contributed by atoms with Crippen molar-refractivity contribution in [3.63, 3.8) is 0 Å². The number of ether oxygens (including phenoxy) is 1. The van der Waals surface area contributed by atoms with Gasteiger partial charge in [-0.1, -0.05) is 38.5 Å². The number of hydrogen-bond donors (Lipinski definition) is 0. The summed E-state index contributed by atoms with van der Waals surface area (Å²) in [5.41, 5.74) is 0. The van der Waals surface area contributed by atoms with Gasteiger partial charge in [-0.15, -0.1) is 23.2 Å². The lowest BCUT2D eigenvalue weighted by molar-refractivity contribution is -0.140. The number of hydrogen-bond acceptors (Lipinski definition) is 2. The maximum atomic E-state index is 10.8. The molecule has 102 valence electrons. The van der Waals surface area contributed by atoms with Crippen LogP contribution in [0.1, 0.15) is 57.8 Å². The van der Waals surface area contributed by atoms with Crippen molar-refractivity contribution in [1.82, 2.24) is 0 Å². The molecular weight excluding hydrogens is 259 g/mol. The summed E-state index contributed by atoms with van der Waals surface area (Å²) >= 11 is 11.5. The number of alkyl halides is 2. The van der Waals surface area contributed by atoms with Crippen LogP contribution < -0.4 is 0 Å². The van der Waals surface area contributed by atoms with Crippen molar-refractivity contribution in [2.24, 2.45) is 0 Å². The molecule has 0 saturated carbocycles. The number of esters is 1. The molecule has 0 aliphatic carbocycles. The van der Waals surface area contributed by atoms with Crippen molar-refractivity contribution in [2.75, 3.05) is 13.0 Å². The van der Waals surface area contributed by atoms with Crippen molar-refractivity contribution < 1.29 is 9.53 Å². The van der Waals surface area contributed by atoms with Gasteiger partial charge in [0.15, 0.2) is 0 Å². The second-order valence-corrected chi connectivity index (χ2v) is 5.27. The van der Waals surface area contributed by atoms with Gasteiger partial charge in [-0.2, -0.15) is 0 Å². The lowest BCUT2D eigenvalue weighted by atomic mass is 10.1. The molecule has 0 aromatic carbocycles. The van der Waals surface area contributed by atoms with Gasteiger partial charge in [-0.25, -0.2) is 0 Å². The summed E-state index contributed by atoms with van der Waals surface area (Å²) in [7, 11) is 1.44. The minimum atomic E-state index is -0.0979. The summed E-state index contributed by atoms with van der Waals surface area (Å²) in [6.45, 7) is 0. The van der Waals surface area contributed by atoms with E-state index in [9.17, 15) is 4.79 Å². The zero-order chi connectivity index (χ0) is 12.9. The van der Waals surface area contributed by atoms with Gasteiger partial charge in [0.1, 0.15) is 0 Å². The van der Waals surface area contributed by atoms with E-state index in [0.717, 1.165) is 19.3 Å². The summed E-state index contributed by atoms with van der Waals surface area (Å²) in [5, 5.41) is 0.136. The van der Waals surface area contributed by atoms with Crippen LogP contribution in [0.2, 0.25) is 0 Å². The van der Waals surface area contributed by atoms with Gasteiger partial charge in [0.05, 0.1) is 7.11 Å². The highest BCUT2D eigenvalue weighted by molar-refractivity contribution is 6.28. The van der Waals surface area contributed by atoms with Crippen LogP contribution in [-0.4, -0.2) is 24.3 Å². The Morgan fingerprint density at radius 3 is 2.12 bits per heavy atom. The van der Waals surface area contributed by atoms with Crippen molar-refractivity contribution in [3.8, 4) is 0 Å². The minimum absolute atomic E-state index is 0.0979. The maximum Gasteiger partial charge on any atom is 0.305 e. The van der Waals surface area contributed by atoms with Crippen molar-refractivity contribution in [3.05, 3.63) is 0 Å². The number of carbonyl (C=O) groups is 1. The first-order chi connectivity index (χ1) is 8.20. The Morgan fingerprint density at radius 2 is 1.59 bits per heavy atom. The van der Waals surface area contributed by atoms with Gasteiger partial charge in [-0.05, 0) is 12.8 Å². The van der Waals surface area contributed by atoms with Crippen molar-refractivity contribution in [2.45, 2.75) is 63.2 Å². The number of halogens is 2. The number of unbranched alkanes of at least 4 members (excludes halogenated alkanes) is 6. The van der Waals surface area contributed by atoms with Gasteiger partial charge in [0, 0.05) is 17.7 Å². The molecule has 0 amide bonds. The molecule has 0 spiro atoms. The first-order valence-electron chi connectivity index (χ1n) is 6.47. The summed E-state index contributed by atoms with van der Waals surface area (Å²) in [4.78, 5) is 10.8. The van der Waals surface area contributed by atoms with Gasteiger partial charge in [0.25, 0.3) is 0 Å². The second-order valence-electron chi connectivity index (χ2n) is 4.34. The van der Waals surface area contributed by atoms with Gasteiger partial charge >= 0.3 is 5.97 Å².